The number of hydrogen-bond acceptors (Lipinski definition) is 15. The number of ether oxygens (including phenoxy) is 4. The summed E-state index contributed by atoms with van der Waals surface area (Å²) in [6.45, 7) is 9.38. The molecule has 0 radical (unpaired) electrons. The maximum Gasteiger partial charge on any atom is 0.472 e. The van der Waals surface area contributed by atoms with Gasteiger partial charge in [-0.3, -0.25) is 37.3 Å². The normalized spacial score (nSPS) is 14.5. The smallest absolute Gasteiger partial charge is 0.462 e. The highest BCUT2D eigenvalue weighted by atomic mass is 31.2. The number of rotatable bonds is 68. The monoisotopic (exact) mass is 1300 g/mol. The van der Waals surface area contributed by atoms with E-state index in [1.807, 2.05) is 0 Å². The lowest BCUT2D eigenvalue weighted by molar-refractivity contribution is -0.161. The first kappa shape index (κ1) is 86.1. The van der Waals surface area contributed by atoms with Crippen LogP contribution in [-0.4, -0.2) is 96.7 Å². The molecule has 88 heavy (non-hydrogen) atoms. The zero-order valence-corrected chi connectivity index (χ0v) is 58.8. The molecule has 6 atom stereocenters. The summed E-state index contributed by atoms with van der Waals surface area (Å²) in [7, 11) is -9.89. The second kappa shape index (κ2) is 61.3. The number of phosphoric acid groups is 2. The molecule has 17 nitrogen and oxygen atoms in total. The highest BCUT2D eigenvalue weighted by Gasteiger charge is 2.30. The molecule has 0 saturated carbocycles. The summed E-state index contributed by atoms with van der Waals surface area (Å²) in [4.78, 5) is 72.1. The molecule has 0 aliphatic heterocycles. The van der Waals surface area contributed by atoms with E-state index in [1.165, 1.54) is 161 Å². The van der Waals surface area contributed by atoms with Crippen molar-refractivity contribution in [1.29, 1.82) is 0 Å². The molecule has 0 rings (SSSR count). The molecule has 3 N–H and O–H groups in total. The fourth-order valence-corrected chi connectivity index (χ4v) is 12.0. The molecule has 0 spiro atoms. The van der Waals surface area contributed by atoms with Gasteiger partial charge >= 0.3 is 39.5 Å². The van der Waals surface area contributed by atoms with Crippen molar-refractivity contribution < 1.29 is 80.2 Å². The van der Waals surface area contributed by atoms with E-state index in [9.17, 15) is 43.2 Å². The summed E-state index contributed by atoms with van der Waals surface area (Å²) in [5.74, 6) is -0.668. The number of phosphoric ester groups is 2. The molecule has 0 aromatic rings. The fraction of sp³-hybridized carbons (Fsp3) is 0.942. The predicted octanol–water partition coefficient (Wildman–Crippen LogP) is 19.6. The standard InChI is InChI=1S/C69H134O17P2/c1-7-10-12-14-15-16-17-18-19-20-21-22-23-24-25-26-27-28-35-41-47-53-68(73)86-65(58-80-67(72)52-46-40-34-30-29-33-39-44-50-62(6)9-3)60-84-88(77,78)82-56-63(70)55-81-87(75,76)83-59-64(57-79-66(71)51-45-37-13-11-8-2)85-69(74)54-48-42-36-31-32-38-43-49-61(4)5/h61-65,70H,7-60H2,1-6H3,(H,75,76)(H,77,78)/t62?,63-,64+,65+/m0/s1. The minimum Gasteiger partial charge on any atom is -0.462 e. The minimum atomic E-state index is -4.95. The summed E-state index contributed by atoms with van der Waals surface area (Å²) >= 11 is 0. The van der Waals surface area contributed by atoms with E-state index in [2.05, 4.69) is 41.5 Å². The van der Waals surface area contributed by atoms with Gasteiger partial charge in [0.05, 0.1) is 26.4 Å². The van der Waals surface area contributed by atoms with Crippen LogP contribution in [0.5, 0.6) is 0 Å². The van der Waals surface area contributed by atoms with Gasteiger partial charge < -0.3 is 33.8 Å². The third kappa shape index (κ3) is 61.6. The molecule has 0 bridgehead atoms. The zero-order valence-electron chi connectivity index (χ0n) is 57.0. The van der Waals surface area contributed by atoms with Crippen molar-refractivity contribution in [3.8, 4) is 0 Å². The van der Waals surface area contributed by atoms with Gasteiger partial charge in [-0.05, 0) is 37.5 Å². The lowest BCUT2D eigenvalue weighted by Crippen LogP contribution is -2.30. The van der Waals surface area contributed by atoms with Crippen LogP contribution in [0.4, 0.5) is 0 Å². The maximum absolute atomic E-state index is 13.0. The molecule has 0 aromatic heterocycles. The Morgan fingerprint density at radius 2 is 0.580 bits per heavy atom. The zero-order chi connectivity index (χ0) is 65.0. The van der Waals surface area contributed by atoms with E-state index in [4.69, 9.17) is 37.0 Å². The summed E-state index contributed by atoms with van der Waals surface area (Å²) in [6.07, 6.45) is 46.5. The summed E-state index contributed by atoms with van der Waals surface area (Å²) in [6, 6.07) is 0. The van der Waals surface area contributed by atoms with E-state index < -0.39 is 97.5 Å². The van der Waals surface area contributed by atoms with Crippen molar-refractivity contribution in [1.82, 2.24) is 0 Å². The Bertz CT molecular complexity index is 1720. The van der Waals surface area contributed by atoms with Crippen LogP contribution in [-0.2, 0) is 65.4 Å². The van der Waals surface area contributed by atoms with Crippen molar-refractivity contribution in [3.05, 3.63) is 0 Å². The van der Waals surface area contributed by atoms with E-state index in [-0.39, 0.29) is 25.7 Å². The van der Waals surface area contributed by atoms with Crippen LogP contribution in [0.3, 0.4) is 0 Å². The van der Waals surface area contributed by atoms with Crippen molar-refractivity contribution in [2.24, 2.45) is 11.8 Å². The Morgan fingerprint density at radius 1 is 0.330 bits per heavy atom. The van der Waals surface area contributed by atoms with Gasteiger partial charge in [0.1, 0.15) is 19.3 Å². The van der Waals surface area contributed by atoms with Crippen molar-refractivity contribution in [2.75, 3.05) is 39.6 Å². The Kier molecular flexibility index (Phi) is 59.9. The average Bonchev–Trinajstić information content (AvgIpc) is 3.57. The van der Waals surface area contributed by atoms with E-state index >= 15 is 0 Å². The van der Waals surface area contributed by atoms with Crippen molar-refractivity contribution >= 4 is 39.5 Å². The lowest BCUT2D eigenvalue weighted by Gasteiger charge is -2.21. The second-order valence-corrected chi connectivity index (χ2v) is 28.5. The van der Waals surface area contributed by atoms with Gasteiger partial charge in [0, 0.05) is 25.7 Å². The van der Waals surface area contributed by atoms with Gasteiger partial charge in [-0.15, -0.1) is 0 Å². The Morgan fingerprint density at radius 3 is 0.864 bits per heavy atom. The number of hydrogen-bond donors (Lipinski definition) is 3. The topological polar surface area (TPSA) is 237 Å². The molecule has 0 aliphatic rings. The van der Waals surface area contributed by atoms with Gasteiger partial charge in [-0.25, -0.2) is 9.13 Å². The van der Waals surface area contributed by atoms with Gasteiger partial charge in [0.2, 0.25) is 0 Å². The van der Waals surface area contributed by atoms with Crippen molar-refractivity contribution in [3.63, 3.8) is 0 Å². The van der Waals surface area contributed by atoms with Crippen LogP contribution < -0.4 is 0 Å². The first-order valence-electron chi connectivity index (χ1n) is 36.0. The fourth-order valence-electron chi connectivity index (χ4n) is 10.4. The van der Waals surface area contributed by atoms with Gasteiger partial charge in [0.25, 0.3) is 0 Å². The van der Waals surface area contributed by atoms with E-state index in [0.717, 1.165) is 102 Å². The number of esters is 4. The molecule has 522 valence electrons. The molecule has 0 fully saturated rings. The number of carbonyl (C=O) groups excluding carboxylic acids is 4. The summed E-state index contributed by atoms with van der Waals surface area (Å²) < 4.78 is 68.0. The van der Waals surface area contributed by atoms with Crippen LogP contribution in [0.15, 0.2) is 0 Å². The molecular weight excluding hydrogens is 1160 g/mol. The second-order valence-electron chi connectivity index (χ2n) is 25.6. The molecule has 0 saturated heterocycles. The number of aliphatic hydroxyl groups is 1. The quantitative estimate of drug-likeness (QED) is 0.0222. The number of carbonyl (C=O) groups is 4. The highest BCUT2D eigenvalue weighted by molar-refractivity contribution is 7.47. The van der Waals surface area contributed by atoms with Gasteiger partial charge in [-0.2, -0.15) is 0 Å². The SMILES string of the molecule is CCCCCCCCCCCCCCCCCCCCCCCC(=O)O[C@H](COC(=O)CCCCCCCCCCC(C)CC)COP(=O)(O)OC[C@@H](O)COP(=O)(O)OC[C@@H](COC(=O)CCCCCCC)OC(=O)CCCCCCCCCC(C)C. The molecule has 3 unspecified atom stereocenters. The minimum absolute atomic E-state index is 0.102. The largest absolute Gasteiger partial charge is 0.472 e. The molecule has 19 heteroatoms. The Hall–Kier alpha value is -1.94. The first-order valence-corrected chi connectivity index (χ1v) is 39.0. The predicted molar refractivity (Wildman–Crippen MR) is 354 cm³/mol. The summed E-state index contributed by atoms with van der Waals surface area (Å²) in [5, 5.41) is 10.5. The van der Waals surface area contributed by atoms with E-state index in [0.29, 0.717) is 31.6 Å². The van der Waals surface area contributed by atoms with Crippen LogP contribution in [0, 0.1) is 11.8 Å². The van der Waals surface area contributed by atoms with E-state index in [1.54, 1.807) is 0 Å². The average molecular weight is 1300 g/mol. The summed E-state index contributed by atoms with van der Waals surface area (Å²) in [5.41, 5.74) is 0. The third-order valence-corrected chi connectivity index (χ3v) is 18.2. The van der Waals surface area contributed by atoms with Crippen LogP contribution >= 0.6 is 15.6 Å². The highest BCUT2D eigenvalue weighted by Crippen LogP contribution is 2.45. The van der Waals surface area contributed by atoms with Gasteiger partial charge in [0.15, 0.2) is 12.2 Å². The van der Waals surface area contributed by atoms with Crippen LogP contribution in [0.1, 0.15) is 350 Å². The maximum atomic E-state index is 13.0. The van der Waals surface area contributed by atoms with Crippen molar-refractivity contribution in [2.45, 2.75) is 368 Å². The van der Waals surface area contributed by atoms with Crippen LogP contribution in [0.2, 0.25) is 0 Å². The lowest BCUT2D eigenvalue weighted by atomic mass is 9.99. The van der Waals surface area contributed by atoms with Crippen LogP contribution in [0.25, 0.3) is 0 Å². The number of aliphatic hydroxyl groups excluding tert-OH is 1. The Labute approximate surface area is 537 Å². The number of unbranched alkanes of at least 4 members (excludes halogenated alkanes) is 37. The Balaban J connectivity index is 5.10. The van der Waals surface area contributed by atoms with Gasteiger partial charge in [-0.1, -0.05) is 298 Å². The molecule has 0 heterocycles. The first-order chi connectivity index (χ1) is 42.4. The molecule has 0 aliphatic carbocycles. The molecule has 0 amide bonds. The molecular formula is C69H134O17P2. The third-order valence-electron chi connectivity index (χ3n) is 16.3. The molecule has 0 aromatic carbocycles.